The summed E-state index contributed by atoms with van der Waals surface area (Å²) in [6.07, 6.45) is 0. The topological polar surface area (TPSA) is 46.5 Å². The van der Waals surface area contributed by atoms with Gasteiger partial charge in [-0.25, -0.2) is 8.96 Å². The fraction of sp³-hybridized carbons (Fsp3) is 0. The van der Waals surface area contributed by atoms with Gasteiger partial charge in [0.2, 0.25) is 5.82 Å². The Morgan fingerprint density at radius 2 is 2.00 bits per heavy atom. The molecule has 0 saturated heterocycles. The molecule has 0 saturated carbocycles. The molecule has 0 heterocycles. The molecule has 0 spiro atoms. The molecule has 3 nitrogen and oxygen atoms in total. The number of hydrogen-bond acceptors (Lipinski definition) is 2. The van der Waals surface area contributed by atoms with Crippen LogP contribution in [0, 0.1) is 11.6 Å². The van der Waals surface area contributed by atoms with Gasteiger partial charge in [0.05, 0.1) is 0 Å². The quantitative estimate of drug-likeness (QED) is 0.765. The Bertz CT molecular complexity index is 362. The van der Waals surface area contributed by atoms with Crippen molar-refractivity contribution in [3.63, 3.8) is 0 Å². The fourth-order valence-electron chi connectivity index (χ4n) is 0.676. The van der Waals surface area contributed by atoms with Gasteiger partial charge in [0, 0.05) is 0 Å². The van der Waals surface area contributed by atoms with Crippen LogP contribution in [0.1, 0.15) is 0 Å². The van der Waals surface area contributed by atoms with Crippen molar-refractivity contribution in [1.29, 1.82) is 0 Å². The van der Waals surface area contributed by atoms with E-state index in [2.05, 4.69) is 4.52 Å². The molecule has 7 heteroatoms. The van der Waals surface area contributed by atoms with Gasteiger partial charge in [-0.1, -0.05) is 6.07 Å². The highest BCUT2D eigenvalue weighted by Crippen LogP contribution is 2.44. The van der Waals surface area contributed by atoms with Crippen LogP contribution in [0.4, 0.5) is 13.0 Å². The molecular formula is C6H4F3O3P. The summed E-state index contributed by atoms with van der Waals surface area (Å²) in [4.78, 5) is 8.06. The predicted octanol–water partition coefficient (Wildman–Crippen LogP) is 2.41. The van der Waals surface area contributed by atoms with E-state index in [1.54, 1.807) is 0 Å². The second kappa shape index (κ2) is 3.40. The number of benzene rings is 1. The summed E-state index contributed by atoms with van der Waals surface area (Å²) in [5, 5.41) is 0. The van der Waals surface area contributed by atoms with E-state index in [4.69, 9.17) is 4.89 Å². The van der Waals surface area contributed by atoms with Crippen LogP contribution in [0.2, 0.25) is 0 Å². The molecule has 0 aliphatic rings. The monoisotopic (exact) mass is 212 g/mol. The summed E-state index contributed by atoms with van der Waals surface area (Å²) >= 11 is 0. The summed E-state index contributed by atoms with van der Waals surface area (Å²) < 4.78 is 50.7. The van der Waals surface area contributed by atoms with Gasteiger partial charge in [-0.2, -0.15) is 4.39 Å². The number of halogens is 3. The maximum atomic E-state index is 12.6. The van der Waals surface area contributed by atoms with Crippen molar-refractivity contribution in [2.75, 3.05) is 0 Å². The highest BCUT2D eigenvalue weighted by atomic mass is 31.2. The lowest BCUT2D eigenvalue weighted by Crippen LogP contribution is -1.92. The molecule has 0 aliphatic heterocycles. The Morgan fingerprint density at radius 3 is 2.54 bits per heavy atom. The van der Waals surface area contributed by atoms with E-state index >= 15 is 0 Å². The molecule has 0 aromatic heterocycles. The standard InChI is InChI=1S/C6H4F3O3P/c7-4-2-1-3-5(6(4)8)12-13(9,10)11/h1-3H,(H,10,11). The molecule has 1 N–H and O–H groups in total. The Morgan fingerprint density at radius 1 is 1.38 bits per heavy atom. The second-order valence-electron chi connectivity index (χ2n) is 2.09. The minimum Gasteiger partial charge on any atom is -0.398 e. The Balaban J connectivity index is 3.03. The average molecular weight is 212 g/mol. The molecule has 1 aromatic carbocycles. The molecular weight excluding hydrogens is 208 g/mol. The summed E-state index contributed by atoms with van der Waals surface area (Å²) in [5.41, 5.74) is 0. The van der Waals surface area contributed by atoms with Crippen molar-refractivity contribution in [2.24, 2.45) is 0 Å². The van der Waals surface area contributed by atoms with Gasteiger partial charge in [-0.15, -0.1) is 4.20 Å². The molecule has 0 fully saturated rings. The average Bonchev–Trinajstić information content (AvgIpc) is 1.96. The number of hydrogen-bond donors (Lipinski definition) is 1. The van der Waals surface area contributed by atoms with Crippen LogP contribution in [-0.2, 0) is 4.57 Å². The molecule has 72 valence electrons. The van der Waals surface area contributed by atoms with E-state index in [1.165, 1.54) is 0 Å². The van der Waals surface area contributed by atoms with Gasteiger partial charge < -0.3 is 4.52 Å². The highest BCUT2D eigenvalue weighted by Gasteiger charge is 2.22. The molecule has 0 bridgehead atoms. The molecule has 1 atom stereocenters. The lowest BCUT2D eigenvalue weighted by Gasteiger charge is -2.05. The summed E-state index contributed by atoms with van der Waals surface area (Å²) in [7, 11) is -5.34. The minimum atomic E-state index is -5.34. The molecule has 1 rings (SSSR count). The van der Waals surface area contributed by atoms with Gasteiger partial charge in [0.1, 0.15) is 0 Å². The van der Waals surface area contributed by atoms with Gasteiger partial charge >= 0.3 is 7.91 Å². The first kappa shape index (κ1) is 10.1. The first-order valence-electron chi connectivity index (χ1n) is 3.06. The van der Waals surface area contributed by atoms with Crippen molar-refractivity contribution in [2.45, 2.75) is 0 Å². The third kappa shape index (κ3) is 2.75. The van der Waals surface area contributed by atoms with Crippen LogP contribution in [0.15, 0.2) is 18.2 Å². The van der Waals surface area contributed by atoms with E-state index in [0.717, 1.165) is 18.2 Å². The van der Waals surface area contributed by atoms with Gasteiger partial charge in [0.15, 0.2) is 11.6 Å². The molecule has 13 heavy (non-hydrogen) atoms. The lowest BCUT2D eigenvalue weighted by atomic mass is 10.3. The zero-order valence-corrected chi connectivity index (χ0v) is 6.97. The Labute approximate surface area is 71.4 Å². The molecule has 1 aromatic rings. The Hall–Kier alpha value is -1.00. The maximum Gasteiger partial charge on any atom is 0.567 e. The molecule has 0 radical (unpaired) electrons. The smallest absolute Gasteiger partial charge is 0.398 e. The molecule has 1 unspecified atom stereocenters. The predicted molar refractivity (Wildman–Crippen MR) is 37.9 cm³/mol. The van der Waals surface area contributed by atoms with Crippen LogP contribution in [0.25, 0.3) is 0 Å². The van der Waals surface area contributed by atoms with Crippen LogP contribution in [0.5, 0.6) is 5.75 Å². The molecule has 0 amide bonds. The van der Waals surface area contributed by atoms with Crippen LogP contribution in [0.3, 0.4) is 0 Å². The van der Waals surface area contributed by atoms with Gasteiger partial charge in [-0.3, -0.25) is 4.89 Å². The zero-order valence-electron chi connectivity index (χ0n) is 6.08. The maximum absolute atomic E-state index is 12.6. The van der Waals surface area contributed by atoms with Crippen LogP contribution >= 0.6 is 7.91 Å². The highest BCUT2D eigenvalue weighted by molar-refractivity contribution is 7.47. The molecule has 0 aliphatic carbocycles. The van der Waals surface area contributed by atoms with E-state index in [0.29, 0.717) is 0 Å². The SMILES string of the molecule is O=P(O)(F)Oc1cccc(F)c1F. The number of rotatable bonds is 2. The third-order valence-corrected chi connectivity index (χ3v) is 1.55. The van der Waals surface area contributed by atoms with E-state index < -0.39 is 25.3 Å². The van der Waals surface area contributed by atoms with Crippen molar-refractivity contribution >= 4 is 7.91 Å². The van der Waals surface area contributed by atoms with Gasteiger partial charge in [-0.05, 0) is 12.1 Å². The van der Waals surface area contributed by atoms with E-state index in [9.17, 15) is 17.5 Å². The van der Waals surface area contributed by atoms with Crippen molar-refractivity contribution in [3.8, 4) is 5.75 Å². The summed E-state index contributed by atoms with van der Waals surface area (Å²) in [6.45, 7) is 0. The zero-order chi connectivity index (χ0) is 10.1. The van der Waals surface area contributed by atoms with Crippen molar-refractivity contribution < 1.29 is 27.0 Å². The van der Waals surface area contributed by atoms with Crippen LogP contribution < -0.4 is 4.52 Å². The fourth-order valence-corrected chi connectivity index (χ4v) is 1.06. The minimum absolute atomic E-state index is 0.767. The second-order valence-corrected chi connectivity index (χ2v) is 3.18. The Kier molecular flexibility index (Phi) is 2.63. The summed E-state index contributed by atoms with van der Waals surface area (Å²) in [6, 6.07) is 2.62. The van der Waals surface area contributed by atoms with Crippen molar-refractivity contribution in [3.05, 3.63) is 29.8 Å². The summed E-state index contributed by atoms with van der Waals surface area (Å²) in [5.74, 6) is -3.73. The largest absolute Gasteiger partial charge is 0.567 e. The van der Waals surface area contributed by atoms with E-state index in [-0.39, 0.29) is 0 Å². The third-order valence-electron chi connectivity index (χ3n) is 1.13. The van der Waals surface area contributed by atoms with Gasteiger partial charge in [0.25, 0.3) is 0 Å². The first-order valence-corrected chi connectivity index (χ1v) is 4.53. The van der Waals surface area contributed by atoms with Crippen molar-refractivity contribution in [1.82, 2.24) is 0 Å². The van der Waals surface area contributed by atoms with E-state index in [1.807, 2.05) is 0 Å². The lowest BCUT2D eigenvalue weighted by molar-refractivity contribution is 0.320. The van der Waals surface area contributed by atoms with Crippen LogP contribution in [-0.4, -0.2) is 4.89 Å². The normalized spacial score (nSPS) is 15.1. The first-order chi connectivity index (χ1) is 5.90.